The fourth-order valence-electron chi connectivity index (χ4n) is 3.68. The highest BCUT2D eigenvalue weighted by molar-refractivity contribution is 5.72. The van der Waals surface area contributed by atoms with Crippen LogP contribution in [-0.2, 0) is 0 Å². The van der Waals surface area contributed by atoms with Crippen molar-refractivity contribution in [1.82, 2.24) is 9.97 Å². The summed E-state index contributed by atoms with van der Waals surface area (Å²) < 4.78 is 5.43. The number of hydrogen-bond donors (Lipinski definition) is 2. The molecule has 28 heavy (non-hydrogen) atoms. The molecule has 0 spiro atoms. The summed E-state index contributed by atoms with van der Waals surface area (Å²) in [7, 11) is 0. The maximum absolute atomic E-state index is 11.6. The van der Waals surface area contributed by atoms with Crippen molar-refractivity contribution in [1.29, 1.82) is 0 Å². The molecule has 1 aliphatic heterocycles. The molecule has 150 valence electrons. The van der Waals surface area contributed by atoms with Crippen molar-refractivity contribution in [2.75, 3.05) is 35.6 Å². The Morgan fingerprint density at radius 2 is 1.89 bits per heavy atom. The van der Waals surface area contributed by atoms with Crippen LogP contribution in [0, 0.1) is 22.0 Å². The normalized spacial score (nSPS) is 19.3. The Balaban J connectivity index is 1.92. The van der Waals surface area contributed by atoms with Crippen molar-refractivity contribution >= 4 is 29.0 Å². The van der Waals surface area contributed by atoms with Crippen LogP contribution < -0.4 is 20.7 Å². The standard InChI is InChI=1S/C19H26N6O3/c1-4-28-15-7-5-14(6-8-15)21-19-22-17(20)16(25(26)27)18(23-19)24-10-12(2)9-13(3)11-24/h5-8,12-13H,4,9-11H2,1-3H3,(H3,20,21,22,23)/t12-,13+. The van der Waals surface area contributed by atoms with E-state index in [4.69, 9.17) is 10.5 Å². The topological polar surface area (TPSA) is 119 Å². The van der Waals surface area contributed by atoms with Gasteiger partial charge in [0.2, 0.25) is 17.6 Å². The van der Waals surface area contributed by atoms with Crippen molar-refractivity contribution in [3.8, 4) is 5.75 Å². The van der Waals surface area contributed by atoms with Crippen LogP contribution in [0.15, 0.2) is 24.3 Å². The van der Waals surface area contributed by atoms with E-state index in [2.05, 4.69) is 29.1 Å². The van der Waals surface area contributed by atoms with Crippen LogP contribution in [0.4, 0.5) is 29.0 Å². The molecule has 1 aliphatic rings. The molecule has 1 fully saturated rings. The summed E-state index contributed by atoms with van der Waals surface area (Å²) in [6.45, 7) is 8.18. The maximum Gasteiger partial charge on any atom is 0.353 e. The van der Waals surface area contributed by atoms with Crippen molar-refractivity contribution in [3.63, 3.8) is 0 Å². The number of aromatic nitrogens is 2. The number of nitrogen functional groups attached to an aromatic ring is 1. The smallest absolute Gasteiger partial charge is 0.353 e. The van der Waals surface area contributed by atoms with Crippen molar-refractivity contribution in [3.05, 3.63) is 34.4 Å². The minimum atomic E-state index is -0.505. The number of nitrogens with zero attached hydrogens (tertiary/aromatic N) is 4. The van der Waals surface area contributed by atoms with Gasteiger partial charge in [0.05, 0.1) is 11.5 Å². The zero-order valence-corrected chi connectivity index (χ0v) is 16.4. The molecule has 1 aromatic heterocycles. The number of anilines is 4. The summed E-state index contributed by atoms with van der Waals surface area (Å²) in [6.07, 6.45) is 1.09. The Morgan fingerprint density at radius 3 is 2.46 bits per heavy atom. The van der Waals surface area contributed by atoms with Gasteiger partial charge in [0, 0.05) is 18.8 Å². The van der Waals surface area contributed by atoms with E-state index in [0.717, 1.165) is 17.9 Å². The minimum absolute atomic E-state index is 0.144. The summed E-state index contributed by atoms with van der Waals surface area (Å²) in [5, 5.41) is 14.7. The second-order valence-corrected chi connectivity index (χ2v) is 7.30. The lowest BCUT2D eigenvalue weighted by Crippen LogP contribution is -2.39. The quantitative estimate of drug-likeness (QED) is 0.571. The average molecular weight is 386 g/mol. The van der Waals surface area contributed by atoms with Gasteiger partial charge in [-0.2, -0.15) is 9.97 Å². The molecule has 1 aromatic carbocycles. The summed E-state index contributed by atoms with van der Waals surface area (Å²) >= 11 is 0. The molecule has 2 aromatic rings. The van der Waals surface area contributed by atoms with E-state index in [1.54, 1.807) is 0 Å². The van der Waals surface area contributed by atoms with Crippen LogP contribution in [0.25, 0.3) is 0 Å². The second kappa shape index (κ2) is 8.28. The molecule has 0 amide bonds. The zero-order chi connectivity index (χ0) is 20.3. The SMILES string of the molecule is CCOc1ccc(Nc2nc(N)c([N+](=O)[O-])c(N3C[C@H](C)C[C@H](C)C3)n2)cc1. The number of nitro groups is 1. The van der Waals surface area contributed by atoms with Gasteiger partial charge >= 0.3 is 5.69 Å². The first-order chi connectivity index (χ1) is 13.4. The molecule has 3 rings (SSSR count). The third-order valence-electron chi connectivity index (χ3n) is 4.67. The molecule has 9 nitrogen and oxygen atoms in total. The summed E-state index contributed by atoms with van der Waals surface area (Å²) in [4.78, 5) is 21.6. The number of rotatable bonds is 6. The highest BCUT2D eigenvalue weighted by Crippen LogP contribution is 2.36. The second-order valence-electron chi connectivity index (χ2n) is 7.30. The van der Waals surface area contributed by atoms with Gasteiger partial charge in [-0.25, -0.2) is 0 Å². The molecular formula is C19H26N6O3. The number of ether oxygens (including phenoxy) is 1. The van der Waals surface area contributed by atoms with Crippen molar-refractivity contribution in [2.45, 2.75) is 27.2 Å². The third kappa shape index (κ3) is 4.41. The van der Waals surface area contributed by atoms with E-state index in [1.165, 1.54) is 0 Å². The first kappa shape index (κ1) is 19.7. The van der Waals surface area contributed by atoms with E-state index in [1.807, 2.05) is 36.1 Å². The number of nitrogens with one attached hydrogen (secondary N) is 1. The average Bonchev–Trinajstić information content (AvgIpc) is 2.62. The van der Waals surface area contributed by atoms with E-state index in [9.17, 15) is 10.1 Å². The van der Waals surface area contributed by atoms with Crippen LogP contribution in [0.3, 0.4) is 0 Å². The Hall–Kier alpha value is -3.10. The van der Waals surface area contributed by atoms with Crippen molar-refractivity contribution in [2.24, 2.45) is 11.8 Å². The number of hydrogen-bond acceptors (Lipinski definition) is 8. The lowest BCUT2D eigenvalue weighted by molar-refractivity contribution is -0.383. The first-order valence-electron chi connectivity index (χ1n) is 9.44. The highest BCUT2D eigenvalue weighted by atomic mass is 16.6. The lowest BCUT2D eigenvalue weighted by atomic mass is 9.92. The molecule has 9 heteroatoms. The van der Waals surface area contributed by atoms with Gasteiger partial charge in [-0.3, -0.25) is 10.1 Å². The summed E-state index contributed by atoms with van der Waals surface area (Å²) in [5.41, 5.74) is 6.44. The molecule has 1 saturated heterocycles. The molecule has 3 N–H and O–H groups in total. The first-order valence-corrected chi connectivity index (χ1v) is 9.44. The van der Waals surface area contributed by atoms with Gasteiger partial charge < -0.3 is 20.7 Å². The van der Waals surface area contributed by atoms with Gasteiger partial charge in [-0.1, -0.05) is 13.8 Å². The highest BCUT2D eigenvalue weighted by Gasteiger charge is 2.31. The fourth-order valence-corrected chi connectivity index (χ4v) is 3.68. The monoisotopic (exact) mass is 386 g/mol. The molecule has 2 atom stereocenters. The molecule has 0 unspecified atom stereocenters. The van der Waals surface area contributed by atoms with Gasteiger partial charge in [-0.05, 0) is 49.4 Å². The predicted octanol–water partition coefficient (Wildman–Crippen LogP) is 3.59. The van der Waals surface area contributed by atoms with Gasteiger partial charge in [-0.15, -0.1) is 0 Å². The number of piperidine rings is 1. The summed E-state index contributed by atoms with van der Waals surface area (Å²) in [6, 6.07) is 7.32. The fraction of sp³-hybridized carbons (Fsp3) is 0.474. The molecule has 2 heterocycles. The molecule has 0 radical (unpaired) electrons. The van der Waals surface area contributed by atoms with Crippen LogP contribution in [-0.4, -0.2) is 34.6 Å². The molecule has 0 saturated carbocycles. The Morgan fingerprint density at radius 1 is 1.25 bits per heavy atom. The number of nitrogens with two attached hydrogens (primary N) is 1. The van der Waals surface area contributed by atoms with E-state index < -0.39 is 4.92 Å². The van der Waals surface area contributed by atoms with Gasteiger partial charge in [0.1, 0.15) is 5.75 Å². The Kier molecular flexibility index (Phi) is 5.81. The minimum Gasteiger partial charge on any atom is -0.494 e. The van der Waals surface area contributed by atoms with Crippen LogP contribution in [0.5, 0.6) is 5.75 Å². The third-order valence-corrected chi connectivity index (χ3v) is 4.67. The van der Waals surface area contributed by atoms with Crippen molar-refractivity contribution < 1.29 is 9.66 Å². The van der Waals surface area contributed by atoms with Gasteiger partial charge in [0.15, 0.2) is 0 Å². The van der Waals surface area contributed by atoms with Crippen LogP contribution in [0.1, 0.15) is 27.2 Å². The molecular weight excluding hydrogens is 360 g/mol. The van der Waals surface area contributed by atoms with E-state index in [0.29, 0.717) is 31.5 Å². The van der Waals surface area contributed by atoms with Crippen LogP contribution >= 0.6 is 0 Å². The summed E-state index contributed by atoms with van der Waals surface area (Å²) in [5.74, 6) is 1.95. The maximum atomic E-state index is 11.6. The Bertz CT molecular complexity index is 832. The predicted molar refractivity (Wildman–Crippen MR) is 109 cm³/mol. The number of benzene rings is 1. The largest absolute Gasteiger partial charge is 0.494 e. The zero-order valence-electron chi connectivity index (χ0n) is 16.4. The van der Waals surface area contributed by atoms with Gasteiger partial charge in [0.25, 0.3) is 0 Å². The van der Waals surface area contributed by atoms with Crippen LogP contribution in [0.2, 0.25) is 0 Å². The van der Waals surface area contributed by atoms with E-state index >= 15 is 0 Å². The molecule has 0 aliphatic carbocycles. The molecule has 0 bridgehead atoms. The lowest BCUT2D eigenvalue weighted by Gasteiger charge is -2.35. The Labute approximate surface area is 164 Å². The van der Waals surface area contributed by atoms with E-state index in [-0.39, 0.29) is 23.3 Å².